The zero-order valence-corrected chi connectivity index (χ0v) is 11.8. The lowest BCUT2D eigenvalue weighted by Crippen LogP contribution is -1.96. The Morgan fingerprint density at radius 2 is 2.00 bits per heavy atom. The lowest BCUT2D eigenvalue weighted by molar-refractivity contribution is 0.613. The fourth-order valence-electron chi connectivity index (χ4n) is 1.77. The summed E-state index contributed by atoms with van der Waals surface area (Å²) in [5.74, 6) is -0.431. The Morgan fingerprint density at radius 3 is 2.59 bits per heavy atom. The van der Waals surface area contributed by atoms with Gasteiger partial charge in [0.25, 0.3) is 0 Å². The van der Waals surface area contributed by atoms with Crippen molar-refractivity contribution < 1.29 is 4.39 Å². The van der Waals surface area contributed by atoms with Crippen LogP contribution in [-0.2, 0) is 0 Å². The van der Waals surface area contributed by atoms with Crippen molar-refractivity contribution in [3.05, 3.63) is 56.0 Å². The van der Waals surface area contributed by atoms with Gasteiger partial charge in [-0.3, -0.25) is 0 Å². The molecule has 1 aromatic heterocycles. The van der Waals surface area contributed by atoms with Crippen molar-refractivity contribution in [1.29, 1.82) is 0 Å². The first-order valence-electron chi connectivity index (χ1n) is 5.15. The Balaban J connectivity index is 2.47. The van der Waals surface area contributed by atoms with Gasteiger partial charge in [-0.15, -0.1) is 22.9 Å². The second-order valence-corrected chi connectivity index (χ2v) is 6.04. The van der Waals surface area contributed by atoms with E-state index in [9.17, 15) is 4.39 Å². The number of hydrogen-bond acceptors (Lipinski definition) is 1. The van der Waals surface area contributed by atoms with E-state index in [0.29, 0.717) is 5.56 Å². The van der Waals surface area contributed by atoms with Crippen LogP contribution in [0.5, 0.6) is 0 Å². The van der Waals surface area contributed by atoms with Gasteiger partial charge in [-0.1, -0.05) is 23.7 Å². The fraction of sp³-hybridized carbons (Fsp3) is 0.231. The van der Waals surface area contributed by atoms with Crippen molar-refractivity contribution in [1.82, 2.24) is 0 Å². The fourth-order valence-corrected chi connectivity index (χ4v) is 3.46. The average molecular weight is 289 g/mol. The Bertz CT molecular complexity index is 548. The molecule has 90 valence electrons. The molecule has 1 atom stereocenters. The van der Waals surface area contributed by atoms with Crippen molar-refractivity contribution in [2.45, 2.75) is 19.2 Å². The van der Waals surface area contributed by atoms with Crippen LogP contribution in [0.25, 0.3) is 0 Å². The highest BCUT2D eigenvalue weighted by Gasteiger charge is 2.20. The van der Waals surface area contributed by atoms with E-state index in [-0.39, 0.29) is 5.02 Å². The molecule has 0 aliphatic carbocycles. The molecule has 0 amide bonds. The molecular formula is C13H11Cl2FS. The van der Waals surface area contributed by atoms with Crippen LogP contribution in [-0.4, -0.2) is 0 Å². The first kappa shape index (κ1) is 12.9. The number of halogens is 3. The minimum absolute atomic E-state index is 0.110. The summed E-state index contributed by atoms with van der Waals surface area (Å²) in [4.78, 5) is 2.15. The average Bonchev–Trinajstić information content (AvgIpc) is 2.61. The summed E-state index contributed by atoms with van der Waals surface area (Å²) in [6, 6.07) is 6.97. The van der Waals surface area contributed by atoms with E-state index in [0.717, 1.165) is 10.4 Å². The number of benzene rings is 1. The molecule has 2 rings (SSSR count). The van der Waals surface area contributed by atoms with Crippen LogP contribution < -0.4 is 0 Å². The van der Waals surface area contributed by atoms with Gasteiger partial charge in [-0.25, -0.2) is 4.39 Å². The van der Waals surface area contributed by atoms with Crippen molar-refractivity contribution in [2.75, 3.05) is 0 Å². The molecule has 0 saturated heterocycles. The van der Waals surface area contributed by atoms with Crippen LogP contribution in [0, 0.1) is 19.7 Å². The van der Waals surface area contributed by atoms with Gasteiger partial charge in [-0.2, -0.15) is 0 Å². The van der Waals surface area contributed by atoms with Crippen molar-refractivity contribution >= 4 is 34.5 Å². The Labute approximate surface area is 114 Å². The summed E-state index contributed by atoms with van der Waals surface area (Å²) in [5.41, 5.74) is 1.52. The summed E-state index contributed by atoms with van der Waals surface area (Å²) in [6.07, 6.45) is 0. The Morgan fingerprint density at radius 1 is 1.29 bits per heavy atom. The van der Waals surface area contributed by atoms with Gasteiger partial charge in [0.2, 0.25) is 0 Å². The molecule has 0 nitrogen and oxygen atoms in total. The predicted octanol–water partition coefficient (Wildman–Crippen LogP) is 5.49. The molecule has 0 fully saturated rings. The number of alkyl halides is 1. The first-order chi connectivity index (χ1) is 8.00. The van der Waals surface area contributed by atoms with Gasteiger partial charge >= 0.3 is 0 Å². The molecule has 1 heterocycles. The van der Waals surface area contributed by atoms with E-state index in [2.05, 4.69) is 6.07 Å². The second-order valence-electron chi connectivity index (χ2n) is 3.91. The summed E-state index contributed by atoms with van der Waals surface area (Å²) in [6.45, 7) is 4.00. The zero-order chi connectivity index (χ0) is 12.6. The largest absolute Gasteiger partial charge is 0.205 e. The minimum Gasteiger partial charge on any atom is -0.205 e. The van der Waals surface area contributed by atoms with Gasteiger partial charge in [0.05, 0.1) is 10.4 Å². The molecule has 0 aliphatic rings. The third-order valence-electron chi connectivity index (χ3n) is 2.56. The van der Waals surface area contributed by atoms with Gasteiger partial charge in [0, 0.05) is 15.3 Å². The van der Waals surface area contributed by atoms with Crippen LogP contribution in [0.15, 0.2) is 24.3 Å². The summed E-state index contributed by atoms with van der Waals surface area (Å²) in [7, 11) is 0. The topological polar surface area (TPSA) is 0 Å². The van der Waals surface area contributed by atoms with Crippen molar-refractivity contribution in [3.8, 4) is 0 Å². The molecule has 0 saturated carbocycles. The summed E-state index contributed by atoms with van der Waals surface area (Å²) < 4.78 is 13.9. The van der Waals surface area contributed by atoms with E-state index in [4.69, 9.17) is 23.2 Å². The maximum Gasteiger partial charge on any atom is 0.146 e. The lowest BCUT2D eigenvalue weighted by Gasteiger charge is -2.11. The van der Waals surface area contributed by atoms with E-state index >= 15 is 0 Å². The highest BCUT2D eigenvalue weighted by Crippen LogP contribution is 2.38. The van der Waals surface area contributed by atoms with Gasteiger partial charge in [-0.05, 0) is 31.5 Å². The van der Waals surface area contributed by atoms with Crippen LogP contribution in [0.4, 0.5) is 4.39 Å². The molecule has 1 aromatic carbocycles. The molecular weight excluding hydrogens is 278 g/mol. The van der Waals surface area contributed by atoms with E-state index in [1.165, 1.54) is 10.9 Å². The molecule has 0 spiro atoms. The molecule has 0 radical (unpaired) electrons. The van der Waals surface area contributed by atoms with Crippen LogP contribution >= 0.6 is 34.5 Å². The Kier molecular flexibility index (Phi) is 3.76. The number of rotatable bonds is 2. The van der Waals surface area contributed by atoms with Crippen LogP contribution in [0.1, 0.15) is 26.3 Å². The lowest BCUT2D eigenvalue weighted by atomic mass is 10.1. The van der Waals surface area contributed by atoms with Crippen LogP contribution in [0.3, 0.4) is 0 Å². The van der Waals surface area contributed by atoms with E-state index in [1.807, 2.05) is 13.8 Å². The number of hydrogen-bond donors (Lipinski definition) is 0. The molecule has 0 N–H and O–H groups in total. The first-order valence-corrected chi connectivity index (χ1v) is 6.78. The molecule has 1 unspecified atom stereocenters. The summed E-state index contributed by atoms with van der Waals surface area (Å²) in [5, 5.41) is -0.369. The highest BCUT2D eigenvalue weighted by molar-refractivity contribution is 7.12. The van der Waals surface area contributed by atoms with E-state index in [1.54, 1.807) is 23.5 Å². The molecule has 0 bridgehead atoms. The quantitative estimate of drug-likeness (QED) is 0.642. The zero-order valence-electron chi connectivity index (χ0n) is 9.43. The van der Waals surface area contributed by atoms with Gasteiger partial charge in [0.15, 0.2) is 0 Å². The predicted molar refractivity (Wildman–Crippen MR) is 72.9 cm³/mol. The van der Waals surface area contributed by atoms with E-state index < -0.39 is 11.2 Å². The SMILES string of the molecule is Cc1cc(C)c(C(Cl)c2cccc(Cl)c2F)s1. The number of thiophene rings is 1. The monoisotopic (exact) mass is 288 g/mol. The van der Waals surface area contributed by atoms with Crippen molar-refractivity contribution in [2.24, 2.45) is 0 Å². The third kappa shape index (κ3) is 2.49. The van der Waals surface area contributed by atoms with Crippen molar-refractivity contribution in [3.63, 3.8) is 0 Å². The van der Waals surface area contributed by atoms with Crippen LogP contribution in [0.2, 0.25) is 5.02 Å². The number of aryl methyl sites for hydroxylation is 2. The minimum atomic E-state index is -0.479. The second kappa shape index (κ2) is 4.97. The molecule has 17 heavy (non-hydrogen) atoms. The highest BCUT2D eigenvalue weighted by atomic mass is 35.5. The maximum absolute atomic E-state index is 13.9. The molecule has 2 aromatic rings. The Hall–Kier alpha value is -0.570. The molecule has 0 aliphatic heterocycles. The smallest absolute Gasteiger partial charge is 0.146 e. The molecule has 4 heteroatoms. The standard InChI is InChI=1S/C13H11Cl2FS/c1-7-6-8(2)17-13(7)11(15)9-4-3-5-10(14)12(9)16/h3-6,11H,1-2H3. The van der Waals surface area contributed by atoms with Gasteiger partial charge in [0.1, 0.15) is 5.82 Å². The third-order valence-corrected chi connectivity index (χ3v) is 4.66. The normalized spacial score (nSPS) is 12.8. The van der Waals surface area contributed by atoms with Gasteiger partial charge < -0.3 is 0 Å². The maximum atomic E-state index is 13.9. The summed E-state index contributed by atoms with van der Waals surface area (Å²) >= 11 is 13.7.